The van der Waals surface area contributed by atoms with Gasteiger partial charge in [0.1, 0.15) is 5.75 Å². The average molecular weight is 406 g/mol. The first-order valence-electron chi connectivity index (χ1n) is 9.81. The lowest BCUT2D eigenvalue weighted by molar-refractivity contribution is 0.319. The van der Waals surface area contributed by atoms with Crippen LogP contribution in [-0.4, -0.2) is 45.1 Å². The molecule has 148 valence electrons. The van der Waals surface area contributed by atoms with Gasteiger partial charge in [-0.05, 0) is 56.3 Å². The summed E-state index contributed by atoms with van der Waals surface area (Å²) in [6.07, 6.45) is 2.51. The number of rotatable bonds is 8. The molecule has 0 unspecified atom stereocenters. The molecule has 0 N–H and O–H groups in total. The van der Waals surface area contributed by atoms with Crippen molar-refractivity contribution in [3.63, 3.8) is 0 Å². The van der Waals surface area contributed by atoms with Crippen LogP contribution in [0, 0.1) is 11.3 Å². The van der Waals surface area contributed by atoms with Crippen molar-refractivity contribution in [1.29, 1.82) is 5.26 Å². The fraction of sp³-hybridized carbons (Fsp3) is 0.318. The summed E-state index contributed by atoms with van der Waals surface area (Å²) in [5.74, 6) is 2.43. The summed E-state index contributed by atoms with van der Waals surface area (Å²) in [6.45, 7) is 3.60. The Bertz CT molecular complexity index is 976. The number of benzene rings is 2. The summed E-state index contributed by atoms with van der Waals surface area (Å²) in [5, 5.41) is 18.8. The first kappa shape index (κ1) is 19.5. The minimum atomic E-state index is 0.530. The third kappa shape index (κ3) is 4.97. The number of nitriles is 1. The third-order valence-corrected chi connectivity index (χ3v) is 5.72. The van der Waals surface area contributed by atoms with Crippen LogP contribution in [0.1, 0.15) is 24.2 Å². The molecule has 4 rings (SSSR count). The molecule has 0 radical (unpaired) electrons. The number of hydrogen-bond donors (Lipinski definition) is 0. The molecule has 7 heteroatoms. The molecule has 1 saturated heterocycles. The van der Waals surface area contributed by atoms with Gasteiger partial charge < -0.3 is 4.74 Å². The highest BCUT2D eigenvalue weighted by molar-refractivity contribution is 7.99. The molecule has 29 heavy (non-hydrogen) atoms. The molecular weight excluding hydrogens is 382 g/mol. The summed E-state index contributed by atoms with van der Waals surface area (Å²) in [4.78, 5) is 2.43. The summed E-state index contributed by atoms with van der Waals surface area (Å²) in [7, 11) is 0. The molecule has 2 aromatic carbocycles. The van der Waals surface area contributed by atoms with Gasteiger partial charge >= 0.3 is 0 Å². The normalized spacial score (nSPS) is 14.0. The molecule has 0 saturated carbocycles. The first-order valence-corrected chi connectivity index (χ1v) is 10.8. The van der Waals surface area contributed by atoms with E-state index < -0.39 is 0 Å². The van der Waals surface area contributed by atoms with Crippen molar-refractivity contribution in [3.8, 4) is 17.5 Å². The molecule has 1 aliphatic heterocycles. The predicted molar refractivity (Wildman–Crippen MR) is 113 cm³/mol. The Hall–Kier alpha value is -2.82. The lowest BCUT2D eigenvalue weighted by Gasteiger charge is -2.16. The van der Waals surface area contributed by atoms with Crippen molar-refractivity contribution in [2.45, 2.75) is 24.5 Å². The summed E-state index contributed by atoms with van der Waals surface area (Å²) >= 11 is 1.63. The molecule has 2 heterocycles. The zero-order valence-electron chi connectivity index (χ0n) is 16.2. The van der Waals surface area contributed by atoms with Gasteiger partial charge in [-0.3, -0.25) is 9.47 Å². The molecule has 6 nitrogen and oxygen atoms in total. The summed E-state index contributed by atoms with van der Waals surface area (Å²) in [5.41, 5.74) is 1.68. The second kappa shape index (κ2) is 9.59. The van der Waals surface area contributed by atoms with E-state index in [1.54, 1.807) is 23.9 Å². The van der Waals surface area contributed by atoms with Crippen LogP contribution < -0.4 is 4.74 Å². The van der Waals surface area contributed by atoms with Crippen LogP contribution in [0.15, 0.2) is 59.8 Å². The van der Waals surface area contributed by atoms with Crippen LogP contribution in [-0.2, 0) is 6.54 Å². The smallest absolute Gasteiger partial charge is 0.195 e. The zero-order valence-corrected chi connectivity index (χ0v) is 17.0. The molecule has 0 bridgehead atoms. The van der Waals surface area contributed by atoms with Gasteiger partial charge in [0.05, 0.1) is 24.8 Å². The zero-order chi connectivity index (χ0) is 19.9. The molecule has 1 fully saturated rings. The van der Waals surface area contributed by atoms with Crippen molar-refractivity contribution in [2.24, 2.45) is 0 Å². The van der Waals surface area contributed by atoms with E-state index in [0.29, 0.717) is 17.9 Å². The largest absolute Gasteiger partial charge is 0.493 e. The Kier molecular flexibility index (Phi) is 6.45. The number of ether oxygens (including phenoxy) is 1. The molecular formula is C22H23N5OS. The number of hydrogen-bond acceptors (Lipinski definition) is 6. The monoisotopic (exact) mass is 405 g/mol. The van der Waals surface area contributed by atoms with E-state index in [9.17, 15) is 0 Å². The van der Waals surface area contributed by atoms with E-state index in [1.165, 1.54) is 12.8 Å². The minimum absolute atomic E-state index is 0.530. The van der Waals surface area contributed by atoms with Crippen molar-refractivity contribution in [3.05, 3.63) is 66.0 Å². The quantitative estimate of drug-likeness (QED) is 0.418. The van der Waals surface area contributed by atoms with Crippen LogP contribution in [0.2, 0.25) is 0 Å². The van der Waals surface area contributed by atoms with Crippen molar-refractivity contribution in [1.82, 2.24) is 19.7 Å². The maximum atomic E-state index is 8.99. The van der Waals surface area contributed by atoms with Gasteiger partial charge in [-0.2, -0.15) is 5.26 Å². The Balaban J connectivity index is 1.43. The number of thioether (sulfide) groups is 1. The van der Waals surface area contributed by atoms with E-state index in [0.717, 1.165) is 42.1 Å². The Labute approximate surface area is 175 Å². The fourth-order valence-corrected chi connectivity index (χ4v) is 4.21. The van der Waals surface area contributed by atoms with Gasteiger partial charge in [0, 0.05) is 11.4 Å². The van der Waals surface area contributed by atoms with E-state index in [2.05, 4.69) is 37.9 Å². The molecule has 1 aliphatic rings. The van der Waals surface area contributed by atoms with Gasteiger partial charge in [-0.25, -0.2) is 0 Å². The lowest BCUT2D eigenvalue weighted by Crippen LogP contribution is -2.21. The third-order valence-electron chi connectivity index (χ3n) is 4.82. The van der Waals surface area contributed by atoms with Gasteiger partial charge in [0.15, 0.2) is 11.0 Å². The molecule has 3 aromatic rings. The van der Waals surface area contributed by atoms with Crippen molar-refractivity contribution < 1.29 is 4.74 Å². The number of nitrogens with zero attached hydrogens (tertiary/aromatic N) is 5. The SMILES string of the molecule is N#Cc1cccc(OCCSc2nnc(CN3CCCC3)n2-c2ccccc2)c1. The number of likely N-dealkylation sites (tertiary alicyclic amines) is 1. The van der Waals surface area contributed by atoms with E-state index in [-0.39, 0.29) is 0 Å². The van der Waals surface area contributed by atoms with Crippen LogP contribution >= 0.6 is 11.8 Å². The number of aromatic nitrogens is 3. The average Bonchev–Trinajstić information content (AvgIpc) is 3.42. The highest BCUT2D eigenvalue weighted by Crippen LogP contribution is 2.24. The standard InChI is InChI=1S/C22H23N5OS/c23-16-18-7-6-10-20(15-18)28-13-14-29-22-25-24-21(17-26-11-4-5-12-26)27(22)19-8-2-1-3-9-19/h1-3,6-10,15H,4-5,11-14,17H2. The molecule has 1 aromatic heterocycles. The maximum Gasteiger partial charge on any atom is 0.195 e. The second-order valence-corrected chi connectivity index (χ2v) is 7.95. The summed E-state index contributed by atoms with van der Waals surface area (Å²) in [6, 6.07) is 19.6. The van der Waals surface area contributed by atoms with E-state index >= 15 is 0 Å². The Morgan fingerprint density at radius 1 is 1.03 bits per heavy atom. The summed E-state index contributed by atoms with van der Waals surface area (Å²) < 4.78 is 7.94. The Morgan fingerprint density at radius 2 is 1.86 bits per heavy atom. The Morgan fingerprint density at radius 3 is 2.66 bits per heavy atom. The van der Waals surface area contributed by atoms with E-state index in [4.69, 9.17) is 10.00 Å². The first-order chi connectivity index (χ1) is 14.3. The van der Waals surface area contributed by atoms with Crippen LogP contribution in [0.3, 0.4) is 0 Å². The van der Waals surface area contributed by atoms with Crippen LogP contribution in [0.25, 0.3) is 5.69 Å². The van der Waals surface area contributed by atoms with Gasteiger partial charge in [0.2, 0.25) is 0 Å². The van der Waals surface area contributed by atoms with Crippen molar-refractivity contribution in [2.75, 3.05) is 25.4 Å². The van der Waals surface area contributed by atoms with Crippen molar-refractivity contribution >= 4 is 11.8 Å². The second-order valence-electron chi connectivity index (χ2n) is 6.89. The molecule has 0 atom stereocenters. The predicted octanol–water partition coefficient (Wildman–Crippen LogP) is 3.91. The van der Waals surface area contributed by atoms with Gasteiger partial charge in [0.25, 0.3) is 0 Å². The topological polar surface area (TPSA) is 67.0 Å². The van der Waals surface area contributed by atoms with E-state index in [1.807, 2.05) is 30.3 Å². The lowest BCUT2D eigenvalue weighted by atomic mass is 10.2. The fourth-order valence-electron chi connectivity index (χ4n) is 3.42. The highest BCUT2D eigenvalue weighted by Gasteiger charge is 2.19. The van der Waals surface area contributed by atoms with Crippen LogP contribution in [0.5, 0.6) is 5.75 Å². The molecule has 0 spiro atoms. The molecule has 0 aliphatic carbocycles. The van der Waals surface area contributed by atoms with Gasteiger partial charge in [-0.1, -0.05) is 36.0 Å². The minimum Gasteiger partial charge on any atom is -0.493 e. The highest BCUT2D eigenvalue weighted by atomic mass is 32.2. The van der Waals surface area contributed by atoms with Gasteiger partial charge in [-0.15, -0.1) is 10.2 Å². The number of para-hydroxylation sites is 1. The maximum absolute atomic E-state index is 8.99. The molecule has 0 amide bonds. The van der Waals surface area contributed by atoms with Crippen LogP contribution in [0.4, 0.5) is 0 Å².